The first-order chi connectivity index (χ1) is 7.16. The van der Waals surface area contributed by atoms with Gasteiger partial charge in [0.05, 0.1) is 0 Å². The first kappa shape index (κ1) is 10.6. The SMILES string of the molecule is Cc1nc(C2CCN(C(C)C)CC2)no1. The molecule has 15 heavy (non-hydrogen) atoms. The van der Waals surface area contributed by atoms with Gasteiger partial charge in [-0.15, -0.1) is 0 Å². The van der Waals surface area contributed by atoms with Crippen LogP contribution in [0, 0.1) is 6.92 Å². The molecule has 0 unspecified atom stereocenters. The van der Waals surface area contributed by atoms with E-state index in [4.69, 9.17) is 4.52 Å². The summed E-state index contributed by atoms with van der Waals surface area (Å²) < 4.78 is 5.02. The Labute approximate surface area is 90.7 Å². The standard InChI is InChI=1S/C11H19N3O/c1-8(2)14-6-4-10(5-7-14)11-12-9(3)15-13-11/h8,10H,4-7H2,1-3H3. The second-order valence-electron chi connectivity index (χ2n) is 4.58. The first-order valence-corrected chi connectivity index (χ1v) is 5.71. The van der Waals surface area contributed by atoms with E-state index < -0.39 is 0 Å². The Kier molecular flexibility index (Phi) is 3.05. The number of aromatic nitrogens is 2. The largest absolute Gasteiger partial charge is 0.340 e. The maximum absolute atomic E-state index is 5.02. The molecule has 0 amide bonds. The molecule has 0 radical (unpaired) electrons. The molecular formula is C11H19N3O. The molecule has 4 heteroatoms. The van der Waals surface area contributed by atoms with Crippen molar-refractivity contribution in [3.05, 3.63) is 11.7 Å². The molecule has 1 aliphatic heterocycles. The third-order valence-corrected chi connectivity index (χ3v) is 3.17. The molecule has 4 nitrogen and oxygen atoms in total. The van der Waals surface area contributed by atoms with E-state index in [-0.39, 0.29) is 0 Å². The summed E-state index contributed by atoms with van der Waals surface area (Å²) in [6, 6.07) is 0.651. The molecule has 2 rings (SSSR count). The highest BCUT2D eigenvalue weighted by molar-refractivity contribution is 4.97. The van der Waals surface area contributed by atoms with Gasteiger partial charge >= 0.3 is 0 Å². The van der Waals surface area contributed by atoms with Crippen LogP contribution in [-0.4, -0.2) is 34.2 Å². The minimum Gasteiger partial charge on any atom is -0.340 e. The van der Waals surface area contributed by atoms with Crippen LogP contribution in [-0.2, 0) is 0 Å². The van der Waals surface area contributed by atoms with Gasteiger partial charge < -0.3 is 9.42 Å². The Morgan fingerprint density at radius 3 is 2.47 bits per heavy atom. The minimum atomic E-state index is 0.498. The number of rotatable bonds is 2. The van der Waals surface area contributed by atoms with Gasteiger partial charge in [-0.3, -0.25) is 0 Å². The molecule has 0 aliphatic carbocycles. The fourth-order valence-corrected chi connectivity index (χ4v) is 2.15. The van der Waals surface area contributed by atoms with E-state index in [2.05, 4.69) is 28.9 Å². The topological polar surface area (TPSA) is 42.2 Å². The van der Waals surface area contributed by atoms with Crippen LogP contribution >= 0.6 is 0 Å². The zero-order valence-corrected chi connectivity index (χ0v) is 9.73. The summed E-state index contributed by atoms with van der Waals surface area (Å²) in [5, 5.41) is 4.00. The Bertz CT molecular complexity index is 313. The lowest BCUT2D eigenvalue weighted by Gasteiger charge is -2.33. The molecule has 1 aromatic rings. The highest BCUT2D eigenvalue weighted by atomic mass is 16.5. The summed E-state index contributed by atoms with van der Waals surface area (Å²) in [5.41, 5.74) is 0. The van der Waals surface area contributed by atoms with Crippen molar-refractivity contribution in [3.8, 4) is 0 Å². The summed E-state index contributed by atoms with van der Waals surface area (Å²) in [6.45, 7) is 8.64. The van der Waals surface area contributed by atoms with E-state index in [0.29, 0.717) is 17.9 Å². The van der Waals surface area contributed by atoms with E-state index >= 15 is 0 Å². The maximum Gasteiger partial charge on any atom is 0.223 e. The van der Waals surface area contributed by atoms with Gasteiger partial charge in [0, 0.05) is 18.9 Å². The molecular weight excluding hydrogens is 190 g/mol. The van der Waals surface area contributed by atoms with Gasteiger partial charge in [0.15, 0.2) is 5.82 Å². The van der Waals surface area contributed by atoms with Gasteiger partial charge in [-0.1, -0.05) is 5.16 Å². The first-order valence-electron chi connectivity index (χ1n) is 5.71. The average molecular weight is 209 g/mol. The van der Waals surface area contributed by atoms with Crippen LogP contribution < -0.4 is 0 Å². The smallest absolute Gasteiger partial charge is 0.223 e. The second-order valence-corrected chi connectivity index (χ2v) is 4.58. The Hall–Kier alpha value is -0.900. The third-order valence-electron chi connectivity index (χ3n) is 3.17. The lowest BCUT2D eigenvalue weighted by Crippen LogP contribution is -2.38. The molecule has 2 heterocycles. The number of nitrogens with zero attached hydrogens (tertiary/aromatic N) is 3. The zero-order chi connectivity index (χ0) is 10.8. The Morgan fingerprint density at radius 2 is 2.00 bits per heavy atom. The predicted molar refractivity (Wildman–Crippen MR) is 57.7 cm³/mol. The molecule has 1 saturated heterocycles. The lowest BCUT2D eigenvalue weighted by atomic mass is 9.95. The van der Waals surface area contributed by atoms with E-state index in [1.54, 1.807) is 0 Å². The van der Waals surface area contributed by atoms with Crippen molar-refractivity contribution in [1.82, 2.24) is 15.0 Å². The van der Waals surface area contributed by atoms with Crippen molar-refractivity contribution in [2.45, 2.75) is 45.6 Å². The van der Waals surface area contributed by atoms with Crippen LogP contribution in [0.3, 0.4) is 0 Å². The van der Waals surface area contributed by atoms with Crippen LogP contribution in [0.2, 0.25) is 0 Å². The third kappa shape index (κ3) is 2.37. The van der Waals surface area contributed by atoms with Crippen LogP contribution in [0.15, 0.2) is 4.52 Å². The highest BCUT2D eigenvalue weighted by Gasteiger charge is 2.24. The van der Waals surface area contributed by atoms with Gasteiger partial charge in [0.2, 0.25) is 5.89 Å². The van der Waals surface area contributed by atoms with Crippen molar-refractivity contribution >= 4 is 0 Å². The van der Waals surface area contributed by atoms with E-state index in [1.165, 1.54) is 0 Å². The predicted octanol–water partition coefficient (Wildman–Crippen LogP) is 1.97. The van der Waals surface area contributed by atoms with Crippen LogP contribution in [0.1, 0.15) is 44.3 Å². The maximum atomic E-state index is 5.02. The van der Waals surface area contributed by atoms with E-state index in [1.807, 2.05) is 6.92 Å². The van der Waals surface area contributed by atoms with E-state index in [9.17, 15) is 0 Å². The minimum absolute atomic E-state index is 0.498. The summed E-state index contributed by atoms with van der Waals surface area (Å²) in [5.74, 6) is 2.07. The van der Waals surface area contributed by atoms with Gasteiger partial charge in [0.1, 0.15) is 0 Å². The Morgan fingerprint density at radius 1 is 1.33 bits per heavy atom. The number of piperidine rings is 1. The van der Waals surface area contributed by atoms with Crippen molar-refractivity contribution in [2.24, 2.45) is 0 Å². The van der Waals surface area contributed by atoms with Crippen molar-refractivity contribution in [3.63, 3.8) is 0 Å². The van der Waals surface area contributed by atoms with E-state index in [0.717, 1.165) is 31.8 Å². The molecule has 0 saturated carbocycles. The number of aryl methyl sites for hydroxylation is 1. The number of hydrogen-bond acceptors (Lipinski definition) is 4. The molecule has 1 fully saturated rings. The van der Waals surface area contributed by atoms with Crippen molar-refractivity contribution in [2.75, 3.05) is 13.1 Å². The van der Waals surface area contributed by atoms with Crippen LogP contribution in [0.5, 0.6) is 0 Å². The quantitative estimate of drug-likeness (QED) is 0.746. The fraction of sp³-hybridized carbons (Fsp3) is 0.818. The molecule has 84 valence electrons. The fourth-order valence-electron chi connectivity index (χ4n) is 2.15. The monoisotopic (exact) mass is 209 g/mol. The molecule has 1 aromatic heterocycles. The van der Waals surface area contributed by atoms with Crippen LogP contribution in [0.4, 0.5) is 0 Å². The van der Waals surface area contributed by atoms with Gasteiger partial charge in [-0.25, -0.2) is 0 Å². The number of likely N-dealkylation sites (tertiary alicyclic amines) is 1. The highest BCUT2D eigenvalue weighted by Crippen LogP contribution is 2.26. The summed E-state index contributed by atoms with van der Waals surface area (Å²) in [7, 11) is 0. The molecule has 1 aliphatic rings. The van der Waals surface area contributed by atoms with Crippen molar-refractivity contribution < 1.29 is 4.52 Å². The molecule has 0 N–H and O–H groups in total. The summed E-state index contributed by atoms with van der Waals surface area (Å²) in [4.78, 5) is 6.81. The normalized spacial score (nSPS) is 20.0. The molecule has 0 aromatic carbocycles. The molecule has 0 bridgehead atoms. The van der Waals surface area contributed by atoms with Crippen LogP contribution in [0.25, 0.3) is 0 Å². The molecule has 0 atom stereocenters. The zero-order valence-electron chi connectivity index (χ0n) is 9.73. The lowest BCUT2D eigenvalue weighted by molar-refractivity contribution is 0.168. The van der Waals surface area contributed by atoms with Gasteiger partial charge in [0.25, 0.3) is 0 Å². The summed E-state index contributed by atoms with van der Waals surface area (Å²) >= 11 is 0. The number of hydrogen-bond donors (Lipinski definition) is 0. The Balaban J connectivity index is 1.93. The van der Waals surface area contributed by atoms with Crippen molar-refractivity contribution in [1.29, 1.82) is 0 Å². The van der Waals surface area contributed by atoms with Gasteiger partial charge in [-0.05, 0) is 39.8 Å². The molecule has 0 spiro atoms. The van der Waals surface area contributed by atoms with Gasteiger partial charge in [-0.2, -0.15) is 4.98 Å². The average Bonchev–Trinajstić information content (AvgIpc) is 2.65. The summed E-state index contributed by atoms with van der Waals surface area (Å²) in [6.07, 6.45) is 2.30. The second kappa shape index (κ2) is 4.31.